The van der Waals surface area contributed by atoms with Crippen LogP contribution in [0.2, 0.25) is 5.02 Å². The van der Waals surface area contributed by atoms with Crippen LogP contribution in [-0.4, -0.2) is 15.7 Å². The molecular formula is C19H18ClN3O2. The van der Waals surface area contributed by atoms with Crippen molar-refractivity contribution in [2.24, 2.45) is 0 Å². The van der Waals surface area contributed by atoms with Crippen LogP contribution in [0.5, 0.6) is 0 Å². The number of rotatable bonds is 4. The third-order valence-corrected chi connectivity index (χ3v) is 4.81. The Morgan fingerprint density at radius 2 is 2.16 bits per heavy atom. The molecule has 1 amide bonds. The molecule has 128 valence electrons. The minimum atomic E-state index is -0.187. The van der Waals surface area contributed by atoms with Gasteiger partial charge in [-0.05, 0) is 49.1 Å². The third kappa shape index (κ3) is 3.33. The van der Waals surface area contributed by atoms with Crippen molar-refractivity contribution in [1.82, 2.24) is 15.1 Å². The maximum atomic E-state index is 12.3. The molecular weight excluding hydrogens is 338 g/mol. The van der Waals surface area contributed by atoms with E-state index in [1.54, 1.807) is 12.1 Å². The molecule has 0 spiro atoms. The van der Waals surface area contributed by atoms with Crippen LogP contribution in [0.1, 0.15) is 46.3 Å². The lowest BCUT2D eigenvalue weighted by Crippen LogP contribution is -2.30. The minimum absolute atomic E-state index is 0.0275. The quantitative estimate of drug-likeness (QED) is 0.769. The lowest BCUT2D eigenvalue weighted by atomic mass is 9.93. The van der Waals surface area contributed by atoms with Gasteiger partial charge in [0, 0.05) is 16.3 Å². The summed E-state index contributed by atoms with van der Waals surface area (Å²) in [5.41, 5.74) is 3.43. The fraction of sp³-hybridized carbons (Fsp3) is 0.263. The van der Waals surface area contributed by atoms with E-state index in [1.165, 1.54) is 12.0 Å². The Labute approximate surface area is 150 Å². The van der Waals surface area contributed by atoms with E-state index in [-0.39, 0.29) is 11.9 Å². The minimum Gasteiger partial charge on any atom is -0.459 e. The second kappa shape index (κ2) is 6.76. The van der Waals surface area contributed by atoms with Gasteiger partial charge in [0.2, 0.25) is 0 Å². The molecule has 0 radical (unpaired) electrons. The smallest absolute Gasteiger partial charge is 0.287 e. The Bertz CT molecular complexity index is 869. The van der Waals surface area contributed by atoms with Crippen molar-refractivity contribution in [2.75, 3.05) is 0 Å². The molecule has 1 N–H and O–H groups in total. The van der Waals surface area contributed by atoms with Crippen LogP contribution in [0.15, 0.2) is 53.3 Å². The van der Waals surface area contributed by atoms with E-state index >= 15 is 0 Å². The van der Waals surface area contributed by atoms with Gasteiger partial charge in [-0.3, -0.25) is 9.48 Å². The lowest BCUT2D eigenvalue weighted by molar-refractivity contribution is 0.0904. The van der Waals surface area contributed by atoms with Gasteiger partial charge in [0.25, 0.3) is 5.91 Å². The summed E-state index contributed by atoms with van der Waals surface area (Å²) in [5.74, 6) is 0.147. The molecule has 1 aliphatic carbocycles. The van der Waals surface area contributed by atoms with Gasteiger partial charge in [-0.25, -0.2) is 0 Å². The zero-order valence-corrected chi connectivity index (χ0v) is 14.4. The highest BCUT2D eigenvalue weighted by atomic mass is 35.5. The van der Waals surface area contributed by atoms with E-state index in [0.29, 0.717) is 12.3 Å². The van der Waals surface area contributed by atoms with Gasteiger partial charge < -0.3 is 9.73 Å². The summed E-state index contributed by atoms with van der Waals surface area (Å²) in [5, 5.41) is 8.33. The Kier molecular flexibility index (Phi) is 4.32. The maximum Gasteiger partial charge on any atom is 0.287 e. The Morgan fingerprint density at radius 3 is 2.92 bits per heavy atom. The summed E-state index contributed by atoms with van der Waals surface area (Å²) in [6.45, 7) is 0.700. The first-order valence-corrected chi connectivity index (χ1v) is 8.72. The van der Waals surface area contributed by atoms with E-state index in [1.807, 2.05) is 35.1 Å². The summed E-state index contributed by atoms with van der Waals surface area (Å²) in [6, 6.07) is 11.2. The predicted octanol–water partition coefficient (Wildman–Crippen LogP) is 3.99. The summed E-state index contributed by atoms with van der Waals surface area (Å²) in [6.07, 6.45) is 6.27. The van der Waals surface area contributed by atoms with Gasteiger partial charge in [-0.1, -0.05) is 23.7 Å². The van der Waals surface area contributed by atoms with Crippen LogP contribution in [-0.2, 0) is 13.0 Å². The molecule has 2 heterocycles. The number of benzene rings is 1. The Balaban J connectivity index is 1.53. The van der Waals surface area contributed by atoms with Crippen molar-refractivity contribution >= 4 is 17.5 Å². The number of fused-ring (bicyclic) bond motifs is 1. The first-order valence-electron chi connectivity index (χ1n) is 8.34. The number of furan rings is 1. The van der Waals surface area contributed by atoms with Crippen LogP contribution in [0.3, 0.4) is 0 Å². The molecule has 0 saturated heterocycles. The van der Waals surface area contributed by atoms with Gasteiger partial charge in [0.15, 0.2) is 5.76 Å². The molecule has 0 aliphatic heterocycles. The fourth-order valence-electron chi connectivity index (χ4n) is 3.30. The van der Waals surface area contributed by atoms with E-state index < -0.39 is 0 Å². The number of hydrogen-bond donors (Lipinski definition) is 1. The van der Waals surface area contributed by atoms with Crippen LogP contribution < -0.4 is 5.32 Å². The molecule has 1 atom stereocenters. The van der Waals surface area contributed by atoms with Crippen LogP contribution >= 0.6 is 11.6 Å². The van der Waals surface area contributed by atoms with E-state index in [4.69, 9.17) is 16.0 Å². The van der Waals surface area contributed by atoms with Gasteiger partial charge in [-0.2, -0.15) is 5.10 Å². The molecule has 1 unspecified atom stereocenters. The van der Waals surface area contributed by atoms with Crippen molar-refractivity contribution in [3.05, 3.63) is 76.5 Å². The number of amides is 1. The van der Waals surface area contributed by atoms with Crippen molar-refractivity contribution < 1.29 is 9.21 Å². The van der Waals surface area contributed by atoms with Crippen molar-refractivity contribution in [3.8, 4) is 0 Å². The second-order valence-electron chi connectivity index (χ2n) is 6.23. The van der Waals surface area contributed by atoms with Crippen LogP contribution in [0, 0.1) is 0 Å². The third-order valence-electron chi connectivity index (χ3n) is 4.56. The van der Waals surface area contributed by atoms with Gasteiger partial charge in [0.05, 0.1) is 25.0 Å². The molecule has 3 aromatic rings. The molecule has 5 nitrogen and oxygen atoms in total. The monoisotopic (exact) mass is 355 g/mol. The molecule has 0 saturated carbocycles. The summed E-state index contributed by atoms with van der Waals surface area (Å²) >= 11 is 5.95. The van der Waals surface area contributed by atoms with E-state index in [0.717, 1.165) is 35.4 Å². The average Bonchev–Trinajstić information content (AvgIpc) is 3.28. The van der Waals surface area contributed by atoms with Crippen molar-refractivity contribution in [2.45, 2.75) is 31.8 Å². The maximum absolute atomic E-state index is 12.3. The van der Waals surface area contributed by atoms with Gasteiger partial charge >= 0.3 is 0 Å². The molecule has 6 heteroatoms. The summed E-state index contributed by atoms with van der Waals surface area (Å²) < 4.78 is 7.19. The number of carbonyl (C=O) groups excluding carboxylic acids is 1. The molecule has 2 aromatic heterocycles. The number of aromatic nitrogens is 2. The van der Waals surface area contributed by atoms with Crippen LogP contribution in [0.25, 0.3) is 0 Å². The summed E-state index contributed by atoms with van der Waals surface area (Å²) in [7, 11) is 0. The topological polar surface area (TPSA) is 60.1 Å². The SMILES string of the molecule is O=C(NC1CCCc2c1cnn2Cc1ccc(Cl)cc1)c1ccco1. The van der Waals surface area contributed by atoms with Crippen LogP contribution in [0.4, 0.5) is 0 Å². The predicted molar refractivity (Wildman–Crippen MR) is 94.6 cm³/mol. The van der Waals surface area contributed by atoms with E-state index in [9.17, 15) is 4.79 Å². The summed E-state index contributed by atoms with van der Waals surface area (Å²) in [4.78, 5) is 12.3. The second-order valence-corrected chi connectivity index (χ2v) is 6.66. The number of carbonyl (C=O) groups is 1. The van der Waals surface area contributed by atoms with Crippen molar-refractivity contribution in [1.29, 1.82) is 0 Å². The zero-order chi connectivity index (χ0) is 17.2. The number of nitrogens with zero attached hydrogens (tertiary/aromatic N) is 2. The van der Waals surface area contributed by atoms with Gasteiger partial charge in [0.1, 0.15) is 0 Å². The van der Waals surface area contributed by atoms with Crippen molar-refractivity contribution in [3.63, 3.8) is 0 Å². The number of hydrogen-bond acceptors (Lipinski definition) is 3. The Hall–Kier alpha value is -2.53. The Morgan fingerprint density at radius 1 is 1.32 bits per heavy atom. The highest BCUT2D eigenvalue weighted by Crippen LogP contribution is 2.30. The largest absolute Gasteiger partial charge is 0.459 e. The average molecular weight is 356 g/mol. The molecule has 1 aliphatic rings. The molecule has 0 fully saturated rings. The molecule has 25 heavy (non-hydrogen) atoms. The first-order chi connectivity index (χ1) is 12.2. The van der Waals surface area contributed by atoms with E-state index in [2.05, 4.69) is 10.4 Å². The molecule has 0 bridgehead atoms. The first kappa shape index (κ1) is 16.0. The standard InChI is InChI=1S/C19H18ClN3O2/c20-14-8-6-13(7-9-14)12-23-17-4-1-3-16(15(17)11-21-23)22-19(24)18-5-2-10-25-18/h2,5-11,16H,1,3-4,12H2,(H,22,24). The highest BCUT2D eigenvalue weighted by molar-refractivity contribution is 6.30. The number of halogens is 1. The number of nitrogens with one attached hydrogen (secondary N) is 1. The lowest BCUT2D eigenvalue weighted by Gasteiger charge is -2.24. The highest BCUT2D eigenvalue weighted by Gasteiger charge is 2.26. The van der Waals surface area contributed by atoms with Gasteiger partial charge in [-0.15, -0.1) is 0 Å². The molecule has 4 rings (SSSR count). The normalized spacial score (nSPS) is 16.4. The molecule has 1 aromatic carbocycles. The fourth-order valence-corrected chi connectivity index (χ4v) is 3.43. The zero-order valence-electron chi connectivity index (χ0n) is 13.6.